The summed E-state index contributed by atoms with van der Waals surface area (Å²) >= 11 is 0. The number of nitrogens with zero attached hydrogens (tertiary/aromatic N) is 3. The number of carbonyl (C=O) groups excluding carboxylic acids is 1. The van der Waals surface area contributed by atoms with Gasteiger partial charge in [-0.15, -0.1) is 0 Å². The van der Waals surface area contributed by atoms with Crippen LogP contribution in [0.25, 0.3) is 0 Å². The second-order valence-electron chi connectivity index (χ2n) is 7.36. The third-order valence-electron chi connectivity index (χ3n) is 5.33. The highest BCUT2D eigenvalue weighted by Crippen LogP contribution is 2.30. The SMILES string of the molecule is CC(C)c1cc(=O)n(CC2CCN(C(=O)C3CCC3)CC2)cn1. The highest BCUT2D eigenvalue weighted by molar-refractivity contribution is 5.79. The van der Waals surface area contributed by atoms with Crippen LogP contribution in [0.4, 0.5) is 0 Å². The summed E-state index contributed by atoms with van der Waals surface area (Å²) in [7, 11) is 0. The molecule has 23 heavy (non-hydrogen) atoms. The Kier molecular flexibility index (Phi) is 4.83. The average Bonchev–Trinajstić information content (AvgIpc) is 2.48. The Bertz CT molecular complexity index is 611. The summed E-state index contributed by atoms with van der Waals surface area (Å²) in [5, 5.41) is 0. The molecule has 5 nitrogen and oxygen atoms in total. The monoisotopic (exact) mass is 317 g/mol. The van der Waals surface area contributed by atoms with Gasteiger partial charge < -0.3 is 4.90 Å². The lowest BCUT2D eigenvalue weighted by molar-refractivity contribution is -0.139. The Labute approximate surface area is 137 Å². The van der Waals surface area contributed by atoms with E-state index in [4.69, 9.17) is 0 Å². The summed E-state index contributed by atoms with van der Waals surface area (Å²) in [6.45, 7) is 6.48. The molecule has 3 rings (SSSR count). The lowest BCUT2D eigenvalue weighted by atomic mass is 9.83. The van der Waals surface area contributed by atoms with Gasteiger partial charge in [-0.3, -0.25) is 14.2 Å². The molecule has 1 amide bonds. The number of rotatable bonds is 4. The van der Waals surface area contributed by atoms with Gasteiger partial charge >= 0.3 is 0 Å². The van der Waals surface area contributed by atoms with Crippen LogP contribution in [0, 0.1) is 11.8 Å². The van der Waals surface area contributed by atoms with Crippen LogP contribution in [0.1, 0.15) is 57.6 Å². The van der Waals surface area contributed by atoms with Crippen molar-refractivity contribution in [3.05, 3.63) is 28.4 Å². The maximum atomic E-state index is 12.3. The second kappa shape index (κ2) is 6.85. The van der Waals surface area contributed by atoms with E-state index in [2.05, 4.69) is 4.98 Å². The van der Waals surface area contributed by atoms with Gasteiger partial charge in [0.25, 0.3) is 5.56 Å². The van der Waals surface area contributed by atoms with Crippen molar-refractivity contribution in [3.8, 4) is 0 Å². The summed E-state index contributed by atoms with van der Waals surface area (Å²) in [4.78, 5) is 30.9. The fourth-order valence-electron chi connectivity index (χ4n) is 3.42. The van der Waals surface area contributed by atoms with Crippen LogP contribution in [0.3, 0.4) is 0 Å². The van der Waals surface area contributed by atoms with E-state index in [1.165, 1.54) is 6.42 Å². The minimum atomic E-state index is 0.0386. The van der Waals surface area contributed by atoms with Crippen LogP contribution in [0.5, 0.6) is 0 Å². The third kappa shape index (κ3) is 3.65. The van der Waals surface area contributed by atoms with Gasteiger partial charge in [-0.05, 0) is 37.5 Å². The van der Waals surface area contributed by atoms with Crippen molar-refractivity contribution in [1.29, 1.82) is 0 Å². The van der Waals surface area contributed by atoms with E-state index >= 15 is 0 Å². The summed E-state index contributed by atoms with van der Waals surface area (Å²) in [6, 6.07) is 1.65. The molecule has 1 aliphatic carbocycles. The number of piperidine rings is 1. The maximum Gasteiger partial charge on any atom is 0.253 e. The molecule has 5 heteroatoms. The van der Waals surface area contributed by atoms with E-state index in [0.717, 1.165) is 51.0 Å². The smallest absolute Gasteiger partial charge is 0.253 e. The number of carbonyl (C=O) groups is 1. The van der Waals surface area contributed by atoms with Gasteiger partial charge in [0, 0.05) is 31.6 Å². The first-order chi connectivity index (χ1) is 11.0. The molecule has 2 fully saturated rings. The Hall–Kier alpha value is -1.65. The quantitative estimate of drug-likeness (QED) is 0.857. The first kappa shape index (κ1) is 16.2. The molecule has 0 spiro atoms. The van der Waals surface area contributed by atoms with E-state index in [-0.39, 0.29) is 11.5 Å². The predicted octanol–water partition coefficient (Wildman–Crippen LogP) is 2.41. The maximum absolute atomic E-state index is 12.3. The van der Waals surface area contributed by atoms with Crippen LogP contribution in [0.2, 0.25) is 0 Å². The van der Waals surface area contributed by atoms with Gasteiger partial charge in [0.1, 0.15) is 0 Å². The molecule has 0 unspecified atom stereocenters. The number of hydrogen-bond donors (Lipinski definition) is 0. The Morgan fingerprint density at radius 3 is 2.48 bits per heavy atom. The fourth-order valence-corrected chi connectivity index (χ4v) is 3.42. The molecule has 1 saturated carbocycles. The van der Waals surface area contributed by atoms with Crippen molar-refractivity contribution in [2.24, 2.45) is 11.8 Å². The molecule has 2 aliphatic rings. The number of amides is 1. The molecule has 1 aromatic heterocycles. The summed E-state index contributed by atoms with van der Waals surface area (Å²) < 4.78 is 1.72. The largest absolute Gasteiger partial charge is 0.342 e. The molecule has 1 saturated heterocycles. The first-order valence-electron chi connectivity index (χ1n) is 8.89. The Morgan fingerprint density at radius 1 is 1.26 bits per heavy atom. The molecule has 0 radical (unpaired) electrons. The fraction of sp³-hybridized carbons (Fsp3) is 0.722. The van der Waals surface area contributed by atoms with Gasteiger partial charge in [-0.25, -0.2) is 4.98 Å². The predicted molar refractivity (Wildman–Crippen MR) is 89.2 cm³/mol. The molecule has 2 heterocycles. The lowest BCUT2D eigenvalue weighted by Gasteiger charge is -2.36. The van der Waals surface area contributed by atoms with E-state index in [9.17, 15) is 9.59 Å². The Balaban J connectivity index is 1.54. The molecule has 0 bridgehead atoms. The molecular weight excluding hydrogens is 290 g/mol. The molecular formula is C18H27N3O2. The Morgan fingerprint density at radius 2 is 1.96 bits per heavy atom. The van der Waals surface area contributed by atoms with Crippen molar-refractivity contribution in [1.82, 2.24) is 14.5 Å². The average molecular weight is 317 g/mol. The van der Waals surface area contributed by atoms with Crippen molar-refractivity contribution < 1.29 is 4.79 Å². The van der Waals surface area contributed by atoms with Gasteiger partial charge in [0.05, 0.1) is 12.0 Å². The van der Waals surface area contributed by atoms with E-state index in [1.54, 1.807) is 17.0 Å². The highest BCUT2D eigenvalue weighted by atomic mass is 16.2. The van der Waals surface area contributed by atoms with Gasteiger partial charge in [0.2, 0.25) is 5.91 Å². The third-order valence-corrected chi connectivity index (χ3v) is 5.33. The molecule has 0 N–H and O–H groups in total. The summed E-state index contributed by atoms with van der Waals surface area (Å²) in [6.07, 6.45) is 7.00. The molecule has 0 atom stereocenters. The van der Waals surface area contributed by atoms with E-state index in [0.29, 0.717) is 17.7 Å². The van der Waals surface area contributed by atoms with Crippen LogP contribution >= 0.6 is 0 Å². The topological polar surface area (TPSA) is 55.2 Å². The van der Waals surface area contributed by atoms with Crippen LogP contribution in [-0.2, 0) is 11.3 Å². The first-order valence-corrected chi connectivity index (χ1v) is 8.89. The van der Waals surface area contributed by atoms with Crippen LogP contribution < -0.4 is 5.56 Å². The molecule has 1 aliphatic heterocycles. The van der Waals surface area contributed by atoms with Crippen molar-refractivity contribution in [3.63, 3.8) is 0 Å². The van der Waals surface area contributed by atoms with Gasteiger partial charge in [-0.1, -0.05) is 20.3 Å². The van der Waals surface area contributed by atoms with Crippen LogP contribution in [0.15, 0.2) is 17.2 Å². The normalized spacial score (nSPS) is 19.9. The number of hydrogen-bond acceptors (Lipinski definition) is 3. The molecule has 1 aromatic rings. The summed E-state index contributed by atoms with van der Waals surface area (Å²) in [5.74, 6) is 1.39. The van der Waals surface area contributed by atoms with Crippen LogP contribution in [-0.4, -0.2) is 33.4 Å². The zero-order valence-electron chi connectivity index (χ0n) is 14.2. The standard InChI is InChI=1S/C18H27N3O2/c1-13(2)16-10-17(22)21(12-19-16)11-14-6-8-20(9-7-14)18(23)15-4-3-5-15/h10,12-15H,3-9,11H2,1-2H3. The highest BCUT2D eigenvalue weighted by Gasteiger charge is 2.31. The number of aromatic nitrogens is 2. The summed E-state index contributed by atoms with van der Waals surface area (Å²) in [5.41, 5.74) is 0.892. The molecule has 126 valence electrons. The lowest BCUT2D eigenvalue weighted by Crippen LogP contribution is -2.44. The van der Waals surface area contributed by atoms with E-state index in [1.807, 2.05) is 18.7 Å². The van der Waals surface area contributed by atoms with Gasteiger partial charge in [-0.2, -0.15) is 0 Å². The van der Waals surface area contributed by atoms with E-state index < -0.39 is 0 Å². The zero-order valence-corrected chi connectivity index (χ0v) is 14.2. The number of likely N-dealkylation sites (tertiary alicyclic amines) is 1. The van der Waals surface area contributed by atoms with Crippen molar-refractivity contribution >= 4 is 5.91 Å². The van der Waals surface area contributed by atoms with Crippen molar-refractivity contribution in [2.45, 2.75) is 58.4 Å². The zero-order chi connectivity index (χ0) is 16.4. The van der Waals surface area contributed by atoms with Crippen molar-refractivity contribution in [2.75, 3.05) is 13.1 Å². The minimum absolute atomic E-state index is 0.0386. The van der Waals surface area contributed by atoms with Gasteiger partial charge in [0.15, 0.2) is 0 Å². The second-order valence-corrected chi connectivity index (χ2v) is 7.36. The minimum Gasteiger partial charge on any atom is -0.342 e. The molecule has 0 aromatic carbocycles.